The molecule has 0 aromatic heterocycles. The van der Waals surface area contributed by atoms with E-state index in [-0.39, 0.29) is 5.91 Å². The van der Waals surface area contributed by atoms with Gasteiger partial charge in [0, 0.05) is 19.6 Å². The molecular weight excluding hydrogens is 264 g/mol. The van der Waals surface area contributed by atoms with Gasteiger partial charge in [0.2, 0.25) is 0 Å². The van der Waals surface area contributed by atoms with Gasteiger partial charge in [-0.2, -0.15) is 0 Å². The predicted molar refractivity (Wildman–Crippen MR) is 83.3 cm³/mol. The van der Waals surface area contributed by atoms with Gasteiger partial charge in [0.15, 0.2) is 6.10 Å². The third kappa shape index (κ3) is 3.71. The zero-order chi connectivity index (χ0) is 15.2. The molecular formula is C17H24N2O2. The van der Waals surface area contributed by atoms with Gasteiger partial charge in [0.05, 0.1) is 0 Å². The zero-order valence-corrected chi connectivity index (χ0v) is 12.6. The first kappa shape index (κ1) is 15.7. The molecule has 4 nitrogen and oxygen atoms in total. The second-order valence-corrected chi connectivity index (χ2v) is 5.51. The Hall–Kier alpha value is -1.65. The number of aliphatic hydroxyl groups is 1. The quantitative estimate of drug-likeness (QED) is 0.847. The number of carbonyl (C=O) groups is 1. The Kier molecular flexibility index (Phi) is 5.53. The lowest BCUT2D eigenvalue weighted by atomic mass is 10.0. The Labute approximate surface area is 126 Å². The molecule has 2 atom stereocenters. The van der Waals surface area contributed by atoms with Crippen molar-refractivity contribution in [3.63, 3.8) is 0 Å². The van der Waals surface area contributed by atoms with Crippen molar-refractivity contribution in [1.82, 2.24) is 10.0 Å². The molecule has 1 fully saturated rings. The normalized spacial score (nSPS) is 20.8. The van der Waals surface area contributed by atoms with Gasteiger partial charge in [-0.15, -0.1) is 6.58 Å². The number of rotatable bonds is 5. The minimum absolute atomic E-state index is 0.280. The molecule has 0 spiro atoms. The monoisotopic (exact) mass is 288 g/mol. The molecule has 2 rings (SSSR count). The van der Waals surface area contributed by atoms with Crippen LogP contribution < -0.4 is 0 Å². The van der Waals surface area contributed by atoms with E-state index in [1.54, 1.807) is 24.2 Å². The van der Waals surface area contributed by atoms with Gasteiger partial charge < -0.3 is 5.11 Å². The summed E-state index contributed by atoms with van der Waals surface area (Å²) < 4.78 is 0. The van der Waals surface area contributed by atoms with Crippen LogP contribution >= 0.6 is 0 Å². The van der Waals surface area contributed by atoms with Crippen molar-refractivity contribution in [1.29, 1.82) is 0 Å². The average molecular weight is 288 g/mol. The SMILES string of the molecule is C=CC[C@@H]1CCCCN1N(C)C(=O)[C@H](O)c1ccccc1. The van der Waals surface area contributed by atoms with E-state index in [0.29, 0.717) is 11.6 Å². The standard InChI is InChI=1S/C17H24N2O2/c1-3-9-15-12-7-8-13-19(15)18(2)17(21)16(20)14-10-5-4-6-11-14/h3-6,10-11,15-16,20H,1,7-9,12-13H2,2H3/t15-,16-/m1/s1. The number of nitrogens with zero attached hydrogens (tertiary/aromatic N) is 2. The number of hydrazine groups is 1. The molecule has 1 amide bonds. The van der Waals surface area contributed by atoms with Gasteiger partial charge in [0.25, 0.3) is 5.91 Å². The van der Waals surface area contributed by atoms with Crippen molar-refractivity contribution in [2.75, 3.05) is 13.6 Å². The van der Waals surface area contributed by atoms with Crippen molar-refractivity contribution in [3.8, 4) is 0 Å². The largest absolute Gasteiger partial charge is 0.378 e. The first-order valence-electron chi connectivity index (χ1n) is 7.53. The smallest absolute Gasteiger partial charge is 0.270 e. The summed E-state index contributed by atoms with van der Waals surface area (Å²) >= 11 is 0. The van der Waals surface area contributed by atoms with Crippen LogP contribution in [0.1, 0.15) is 37.4 Å². The van der Waals surface area contributed by atoms with Crippen molar-refractivity contribution >= 4 is 5.91 Å². The molecule has 1 aliphatic heterocycles. The van der Waals surface area contributed by atoms with E-state index in [0.717, 1.165) is 25.8 Å². The van der Waals surface area contributed by atoms with Crippen LogP contribution in [-0.4, -0.2) is 40.7 Å². The number of piperidine rings is 1. The minimum Gasteiger partial charge on any atom is -0.378 e. The molecule has 1 N–H and O–H groups in total. The van der Waals surface area contributed by atoms with Crippen molar-refractivity contribution in [2.45, 2.75) is 37.8 Å². The molecule has 1 aliphatic rings. The summed E-state index contributed by atoms with van der Waals surface area (Å²) in [5, 5.41) is 13.9. The molecule has 0 bridgehead atoms. The number of likely N-dealkylation sites (N-methyl/N-ethyl adjacent to an activating group) is 1. The van der Waals surface area contributed by atoms with Crippen LogP contribution in [0, 0.1) is 0 Å². The minimum atomic E-state index is -1.11. The van der Waals surface area contributed by atoms with Gasteiger partial charge in [-0.05, 0) is 24.8 Å². The highest BCUT2D eigenvalue weighted by Crippen LogP contribution is 2.23. The summed E-state index contributed by atoms with van der Waals surface area (Å²) in [7, 11) is 1.75. The van der Waals surface area contributed by atoms with Crippen LogP contribution in [0.2, 0.25) is 0 Å². The number of aliphatic hydroxyl groups excluding tert-OH is 1. The molecule has 0 unspecified atom stereocenters. The highest BCUT2D eigenvalue weighted by molar-refractivity contribution is 5.81. The fourth-order valence-electron chi connectivity index (χ4n) is 2.89. The van der Waals surface area contributed by atoms with Crippen LogP contribution in [0.3, 0.4) is 0 Å². The van der Waals surface area contributed by atoms with Gasteiger partial charge >= 0.3 is 0 Å². The molecule has 1 aromatic rings. The molecule has 1 aromatic carbocycles. The lowest BCUT2D eigenvalue weighted by Crippen LogP contribution is -2.52. The molecule has 21 heavy (non-hydrogen) atoms. The highest BCUT2D eigenvalue weighted by Gasteiger charge is 2.30. The first-order chi connectivity index (χ1) is 10.1. The van der Waals surface area contributed by atoms with Crippen molar-refractivity contribution < 1.29 is 9.90 Å². The van der Waals surface area contributed by atoms with Crippen LogP contribution in [0.5, 0.6) is 0 Å². The number of hydrogen-bond acceptors (Lipinski definition) is 3. The first-order valence-corrected chi connectivity index (χ1v) is 7.53. The van der Waals surface area contributed by atoms with Crippen LogP contribution in [0.15, 0.2) is 43.0 Å². The molecule has 4 heteroatoms. The lowest BCUT2D eigenvalue weighted by Gasteiger charge is -2.41. The summed E-state index contributed by atoms with van der Waals surface area (Å²) in [6.45, 7) is 4.65. The number of hydrogen-bond donors (Lipinski definition) is 1. The van der Waals surface area contributed by atoms with Crippen LogP contribution in [-0.2, 0) is 4.79 Å². The Morgan fingerprint density at radius 1 is 1.48 bits per heavy atom. The zero-order valence-electron chi connectivity index (χ0n) is 12.6. The van der Waals surface area contributed by atoms with E-state index >= 15 is 0 Å². The molecule has 1 saturated heterocycles. The predicted octanol–water partition coefficient (Wildman–Crippen LogP) is 2.52. The molecule has 0 aliphatic carbocycles. The third-order valence-corrected chi connectivity index (χ3v) is 4.09. The maximum Gasteiger partial charge on any atom is 0.270 e. The van der Waals surface area contributed by atoms with Crippen molar-refractivity contribution in [3.05, 3.63) is 48.6 Å². The molecule has 1 heterocycles. The van der Waals surface area contributed by atoms with E-state index in [1.807, 2.05) is 24.3 Å². The Morgan fingerprint density at radius 2 is 2.19 bits per heavy atom. The topological polar surface area (TPSA) is 43.8 Å². The van der Waals surface area contributed by atoms with E-state index in [1.165, 1.54) is 6.42 Å². The molecule has 0 radical (unpaired) electrons. The third-order valence-electron chi connectivity index (χ3n) is 4.09. The second-order valence-electron chi connectivity index (χ2n) is 5.51. The van der Waals surface area contributed by atoms with Crippen LogP contribution in [0.4, 0.5) is 0 Å². The van der Waals surface area contributed by atoms with E-state index in [4.69, 9.17) is 0 Å². The number of carbonyl (C=O) groups excluding carboxylic acids is 1. The van der Waals surface area contributed by atoms with Crippen molar-refractivity contribution in [2.24, 2.45) is 0 Å². The summed E-state index contributed by atoms with van der Waals surface area (Å²) in [5.41, 5.74) is 0.631. The lowest BCUT2D eigenvalue weighted by molar-refractivity contribution is -0.162. The van der Waals surface area contributed by atoms with Gasteiger partial charge in [-0.25, -0.2) is 5.01 Å². The Bertz CT molecular complexity index is 475. The Balaban J connectivity index is 2.08. The second kappa shape index (κ2) is 7.38. The fraction of sp³-hybridized carbons (Fsp3) is 0.471. The van der Waals surface area contributed by atoms with Gasteiger partial charge in [-0.3, -0.25) is 9.80 Å². The highest BCUT2D eigenvalue weighted by atomic mass is 16.3. The van der Waals surface area contributed by atoms with E-state index in [9.17, 15) is 9.90 Å². The summed E-state index contributed by atoms with van der Waals surface area (Å²) in [5.74, 6) is -0.280. The maximum atomic E-state index is 12.5. The number of amides is 1. The van der Waals surface area contributed by atoms with Crippen LogP contribution in [0.25, 0.3) is 0 Å². The molecule has 114 valence electrons. The maximum absolute atomic E-state index is 12.5. The average Bonchev–Trinajstić information content (AvgIpc) is 2.54. The van der Waals surface area contributed by atoms with E-state index < -0.39 is 6.10 Å². The molecule has 0 saturated carbocycles. The van der Waals surface area contributed by atoms with E-state index in [2.05, 4.69) is 11.6 Å². The summed E-state index contributed by atoms with van der Waals surface area (Å²) in [4.78, 5) is 12.5. The van der Waals surface area contributed by atoms with Gasteiger partial charge in [-0.1, -0.05) is 42.8 Å². The fourth-order valence-corrected chi connectivity index (χ4v) is 2.89. The summed E-state index contributed by atoms with van der Waals surface area (Å²) in [6.07, 6.45) is 4.96. The Morgan fingerprint density at radius 3 is 2.86 bits per heavy atom. The number of benzene rings is 1. The summed E-state index contributed by atoms with van der Waals surface area (Å²) in [6, 6.07) is 9.37. The van der Waals surface area contributed by atoms with Gasteiger partial charge in [0.1, 0.15) is 0 Å².